The Balaban J connectivity index is 1.33. The minimum Gasteiger partial charge on any atom is -0.489 e. The highest BCUT2D eigenvalue weighted by atomic mass is 79.9. The van der Waals surface area contributed by atoms with E-state index in [0.29, 0.717) is 6.61 Å². The van der Waals surface area contributed by atoms with Crippen LogP contribution in [0.5, 0.6) is 5.75 Å². The molecule has 0 unspecified atom stereocenters. The zero-order chi connectivity index (χ0) is 21.5. The van der Waals surface area contributed by atoms with E-state index in [4.69, 9.17) is 4.74 Å². The lowest BCUT2D eigenvalue weighted by molar-refractivity contribution is -0.120. The van der Waals surface area contributed by atoms with Gasteiger partial charge < -0.3 is 4.74 Å². The van der Waals surface area contributed by atoms with E-state index in [0.717, 1.165) is 37.7 Å². The number of hydrazone groups is 1. The predicted octanol–water partition coefficient (Wildman–Crippen LogP) is 5.87. The Morgan fingerprint density at radius 2 is 1.71 bits per heavy atom. The molecule has 0 fully saturated rings. The number of amides is 1. The summed E-state index contributed by atoms with van der Waals surface area (Å²) >= 11 is 3.43. The number of benzene rings is 4. The molecule has 0 spiro atoms. The number of hydrogen-bond acceptors (Lipinski definition) is 3. The number of fused-ring (bicyclic) bond motifs is 1. The van der Waals surface area contributed by atoms with Crippen LogP contribution in [0, 0.1) is 0 Å². The van der Waals surface area contributed by atoms with Gasteiger partial charge in [0.25, 0.3) is 0 Å². The first-order chi connectivity index (χ1) is 15.2. The van der Waals surface area contributed by atoms with E-state index in [2.05, 4.69) is 26.5 Å². The van der Waals surface area contributed by atoms with Gasteiger partial charge in [0.2, 0.25) is 5.91 Å². The number of carbonyl (C=O) groups excluding carboxylic acids is 1. The van der Waals surface area contributed by atoms with E-state index in [-0.39, 0.29) is 12.3 Å². The average molecular weight is 473 g/mol. The van der Waals surface area contributed by atoms with Crippen molar-refractivity contribution in [2.45, 2.75) is 13.0 Å². The number of hydrogen-bond donors (Lipinski definition) is 1. The van der Waals surface area contributed by atoms with Crippen molar-refractivity contribution in [2.75, 3.05) is 0 Å². The summed E-state index contributed by atoms with van der Waals surface area (Å²) in [4.78, 5) is 12.3. The smallest absolute Gasteiger partial charge is 0.244 e. The van der Waals surface area contributed by atoms with Crippen molar-refractivity contribution in [3.8, 4) is 5.75 Å². The Kier molecular flexibility index (Phi) is 6.75. The number of carbonyl (C=O) groups is 1. The van der Waals surface area contributed by atoms with Gasteiger partial charge in [-0.2, -0.15) is 5.10 Å². The van der Waals surface area contributed by atoms with Crippen molar-refractivity contribution in [2.24, 2.45) is 5.10 Å². The van der Waals surface area contributed by atoms with Gasteiger partial charge in [-0.05, 0) is 51.7 Å². The fourth-order valence-corrected chi connectivity index (χ4v) is 3.53. The highest BCUT2D eigenvalue weighted by Crippen LogP contribution is 2.19. The first kappa shape index (κ1) is 20.8. The van der Waals surface area contributed by atoms with Crippen LogP contribution in [0.25, 0.3) is 10.8 Å². The summed E-state index contributed by atoms with van der Waals surface area (Å²) in [6, 6.07) is 29.6. The van der Waals surface area contributed by atoms with E-state index in [1.165, 1.54) is 0 Å². The van der Waals surface area contributed by atoms with Gasteiger partial charge in [-0.1, -0.05) is 82.7 Å². The molecule has 4 aromatic rings. The molecule has 4 nitrogen and oxygen atoms in total. The fraction of sp³-hybridized carbons (Fsp3) is 0.0769. The fourth-order valence-electron chi connectivity index (χ4n) is 3.27. The molecule has 0 bridgehead atoms. The molecule has 0 heterocycles. The average Bonchev–Trinajstić information content (AvgIpc) is 2.79. The molecule has 5 heteroatoms. The lowest BCUT2D eigenvalue weighted by atomic mass is 10.0. The molecule has 1 amide bonds. The van der Waals surface area contributed by atoms with Crippen LogP contribution in [0.4, 0.5) is 0 Å². The summed E-state index contributed by atoms with van der Waals surface area (Å²) in [5, 5.41) is 6.31. The summed E-state index contributed by atoms with van der Waals surface area (Å²) in [5.74, 6) is 0.587. The molecule has 0 aliphatic carbocycles. The molecular formula is C26H21BrN2O2. The monoisotopic (exact) mass is 472 g/mol. The minimum absolute atomic E-state index is 0.157. The molecule has 0 atom stereocenters. The van der Waals surface area contributed by atoms with Crippen molar-refractivity contribution in [1.82, 2.24) is 5.43 Å². The summed E-state index contributed by atoms with van der Waals surface area (Å²) in [6.07, 6.45) is 1.89. The second kappa shape index (κ2) is 10.0. The van der Waals surface area contributed by atoms with Gasteiger partial charge in [0, 0.05) is 4.47 Å². The highest BCUT2D eigenvalue weighted by Gasteiger charge is 2.06. The Hall–Kier alpha value is -3.44. The summed E-state index contributed by atoms with van der Waals surface area (Å²) < 4.78 is 6.89. The molecule has 0 radical (unpaired) electrons. The molecular weight excluding hydrogens is 452 g/mol. The van der Waals surface area contributed by atoms with Crippen molar-refractivity contribution in [3.05, 3.63) is 112 Å². The standard InChI is InChI=1S/C26H21BrN2O2/c27-23-13-11-19(12-14-23)18-31-24-9-3-5-20(15-24)17-28-29-26(30)16-22-8-4-7-21-6-1-2-10-25(21)22/h1-15,17H,16,18H2,(H,29,30)/b28-17-. The van der Waals surface area contributed by atoms with Gasteiger partial charge in [-0.15, -0.1) is 0 Å². The molecule has 31 heavy (non-hydrogen) atoms. The summed E-state index contributed by atoms with van der Waals surface area (Å²) in [6.45, 7) is 0.482. The van der Waals surface area contributed by atoms with Crippen LogP contribution in [0.3, 0.4) is 0 Å². The third kappa shape index (κ3) is 5.80. The molecule has 4 aromatic carbocycles. The van der Waals surface area contributed by atoms with Gasteiger partial charge in [0.05, 0.1) is 12.6 Å². The van der Waals surface area contributed by atoms with Crippen LogP contribution >= 0.6 is 15.9 Å². The predicted molar refractivity (Wildman–Crippen MR) is 128 cm³/mol. The third-order valence-electron chi connectivity index (χ3n) is 4.81. The van der Waals surface area contributed by atoms with E-state index < -0.39 is 0 Å². The topological polar surface area (TPSA) is 50.7 Å². The minimum atomic E-state index is -0.157. The molecule has 154 valence electrons. The molecule has 0 aliphatic rings. The lowest BCUT2D eigenvalue weighted by Crippen LogP contribution is -2.19. The Morgan fingerprint density at radius 1 is 0.935 bits per heavy atom. The van der Waals surface area contributed by atoms with E-state index >= 15 is 0 Å². The molecule has 0 aliphatic heterocycles. The third-order valence-corrected chi connectivity index (χ3v) is 5.34. The van der Waals surface area contributed by atoms with E-state index in [9.17, 15) is 4.79 Å². The number of ether oxygens (including phenoxy) is 1. The number of halogens is 1. The first-order valence-corrected chi connectivity index (χ1v) is 10.7. The van der Waals surface area contributed by atoms with Gasteiger partial charge in [0.15, 0.2) is 0 Å². The van der Waals surface area contributed by atoms with Crippen LogP contribution in [-0.2, 0) is 17.8 Å². The molecule has 1 N–H and O–H groups in total. The van der Waals surface area contributed by atoms with Gasteiger partial charge in [-0.3, -0.25) is 4.79 Å². The van der Waals surface area contributed by atoms with E-state index in [1.807, 2.05) is 91.0 Å². The normalized spacial score (nSPS) is 11.0. The van der Waals surface area contributed by atoms with Gasteiger partial charge >= 0.3 is 0 Å². The van der Waals surface area contributed by atoms with Crippen LogP contribution in [0.2, 0.25) is 0 Å². The second-order valence-electron chi connectivity index (χ2n) is 7.10. The Bertz CT molecular complexity index is 1210. The van der Waals surface area contributed by atoms with Crippen LogP contribution in [0.15, 0.2) is 101 Å². The SMILES string of the molecule is O=C(Cc1cccc2ccccc12)N/N=C\c1cccc(OCc2ccc(Br)cc2)c1. The van der Waals surface area contributed by atoms with Crippen LogP contribution < -0.4 is 10.2 Å². The van der Waals surface area contributed by atoms with Crippen molar-refractivity contribution in [1.29, 1.82) is 0 Å². The highest BCUT2D eigenvalue weighted by molar-refractivity contribution is 9.10. The summed E-state index contributed by atoms with van der Waals surface area (Å²) in [5.41, 5.74) is 5.53. The zero-order valence-electron chi connectivity index (χ0n) is 16.8. The van der Waals surface area contributed by atoms with Crippen molar-refractivity contribution >= 4 is 38.8 Å². The molecule has 0 saturated heterocycles. The van der Waals surface area contributed by atoms with Crippen LogP contribution in [-0.4, -0.2) is 12.1 Å². The largest absolute Gasteiger partial charge is 0.489 e. The molecule has 4 rings (SSSR count). The van der Waals surface area contributed by atoms with Crippen molar-refractivity contribution in [3.63, 3.8) is 0 Å². The Morgan fingerprint density at radius 3 is 2.58 bits per heavy atom. The molecule has 0 aromatic heterocycles. The van der Waals surface area contributed by atoms with Crippen molar-refractivity contribution < 1.29 is 9.53 Å². The quantitative estimate of drug-likeness (QED) is 0.270. The maximum Gasteiger partial charge on any atom is 0.244 e. The van der Waals surface area contributed by atoms with Gasteiger partial charge in [-0.25, -0.2) is 5.43 Å². The first-order valence-electron chi connectivity index (χ1n) is 9.93. The maximum absolute atomic E-state index is 12.3. The number of rotatable bonds is 7. The Labute approximate surface area is 189 Å². The second-order valence-corrected chi connectivity index (χ2v) is 8.01. The number of nitrogens with one attached hydrogen (secondary N) is 1. The maximum atomic E-state index is 12.3. The number of nitrogens with zero attached hydrogens (tertiary/aromatic N) is 1. The van der Waals surface area contributed by atoms with Crippen LogP contribution in [0.1, 0.15) is 16.7 Å². The van der Waals surface area contributed by atoms with Gasteiger partial charge in [0.1, 0.15) is 12.4 Å². The zero-order valence-corrected chi connectivity index (χ0v) is 18.4. The molecule has 0 saturated carbocycles. The lowest BCUT2D eigenvalue weighted by Gasteiger charge is -2.07. The summed E-state index contributed by atoms with van der Waals surface area (Å²) in [7, 11) is 0. The van der Waals surface area contributed by atoms with E-state index in [1.54, 1.807) is 6.21 Å².